The third-order valence-electron chi connectivity index (χ3n) is 1.44. The smallest absolute Gasteiger partial charge is 0.334 e. The maximum absolute atomic E-state index is 10.9. The molecule has 0 radical (unpaired) electrons. The van der Waals surface area contributed by atoms with Crippen molar-refractivity contribution in [3.05, 3.63) is 11.8 Å². The van der Waals surface area contributed by atoms with E-state index >= 15 is 0 Å². The monoisotopic (exact) mass is 186 g/mol. The third-order valence-corrected chi connectivity index (χ3v) is 1.44. The molecule has 0 aliphatic rings. The van der Waals surface area contributed by atoms with Gasteiger partial charge in [0.25, 0.3) is 0 Å². The number of carbonyl (C=O) groups is 1. The maximum atomic E-state index is 10.9. The predicted octanol–water partition coefficient (Wildman–Crippen LogP) is 2.27. The highest BCUT2D eigenvalue weighted by atomic mass is 16.5. The van der Waals surface area contributed by atoms with Gasteiger partial charge in [-0.3, -0.25) is 0 Å². The number of carbonyl (C=O) groups excluding carboxylic acids is 1. The fourth-order valence-corrected chi connectivity index (χ4v) is 0.769. The van der Waals surface area contributed by atoms with Crippen LogP contribution in [0.4, 0.5) is 0 Å². The van der Waals surface area contributed by atoms with Gasteiger partial charge in [-0.05, 0) is 20.3 Å². The van der Waals surface area contributed by atoms with E-state index < -0.39 is 0 Å². The highest BCUT2D eigenvalue weighted by Crippen LogP contribution is 1.98. The maximum Gasteiger partial charge on any atom is 0.334 e. The van der Waals surface area contributed by atoms with E-state index in [4.69, 9.17) is 9.47 Å². The van der Waals surface area contributed by atoms with E-state index in [0.29, 0.717) is 19.0 Å². The zero-order valence-electron chi connectivity index (χ0n) is 8.63. The summed E-state index contributed by atoms with van der Waals surface area (Å²) in [6, 6.07) is 0. The molecule has 0 aromatic heterocycles. The lowest BCUT2D eigenvalue weighted by Crippen LogP contribution is -2.02. The lowest BCUT2D eigenvalue weighted by atomic mass is 10.4. The molecule has 0 N–H and O–H groups in total. The zero-order valence-corrected chi connectivity index (χ0v) is 8.63. The molecule has 0 aromatic rings. The van der Waals surface area contributed by atoms with Gasteiger partial charge in [-0.25, -0.2) is 4.79 Å². The standard InChI is InChI=1S/C10H18O3/c1-4-6-7-13-9(3)8-10(11)12-5-2/h8H,4-7H2,1-3H3/b9-8-. The molecule has 0 unspecified atom stereocenters. The molecular formula is C10H18O3. The van der Waals surface area contributed by atoms with Gasteiger partial charge >= 0.3 is 5.97 Å². The third kappa shape index (κ3) is 7.37. The van der Waals surface area contributed by atoms with Gasteiger partial charge in [-0.15, -0.1) is 0 Å². The van der Waals surface area contributed by atoms with Crippen LogP contribution in [0, 0.1) is 0 Å². The van der Waals surface area contributed by atoms with Crippen molar-refractivity contribution in [3.63, 3.8) is 0 Å². The molecule has 0 heterocycles. The van der Waals surface area contributed by atoms with Crippen LogP contribution in [-0.4, -0.2) is 19.2 Å². The Morgan fingerprint density at radius 2 is 2.00 bits per heavy atom. The second kappa shape index (κ2) is 7.65. The Hall–Kier alpha value is -0.990. The highest BCUT2D eigenvalue weighted by Gasteiger charge is 1.97. The molecule has 0 bridgehead atoms. The summed E-state index contributed by atoms with van der Waals surface area (Å²) in [7, 11) is 0. The fraction of sp³-hybridized carbons (Fsp3) is 0.700. The number of unbranched alkanes of at least 4 members (excludes halogenated alkanes) is 1. The van der Waals surface area contributed by atoms with Gasteiger partial charge in [0.1, 0.15) is 5.76 Å². The largest absolute Gasteiger partial charge is 0.498 e. The molecule has 3 nitrogen and oxygen atoms in total. The average molecular weight is 186 g/mol. The minimum absolute atomic E-state index is 0.337. The van der Waals surface area contributed by atoms with Crippen LogP contribution in [0.25, 0.3) is 0 Å². The molecule has 0 spiro atoms. The molecule has 0 amide bonds. The molecule has 3 heteroatoms. The second-order valence-corrected chi connectivity index (χ2v) is 2.71. The Balaban J connectivity index is 3.67. The van der Waals surface area contributed by atoms with E-state index in [2.05, 4.69) is 6.92 Å². The second-order valence-electron chi connectivity index (χ2n) is 2.71. The number of hydrogen-bond acceptors (Lipinski definition) is 3. The van der Waals surface area contributed by atoms with Gasteiger partial charge in [0.15, 0.2) is 0 Å². The highest BCUT2D eigenvalue weighted by molar-refractivity contribution is 5.82. The van der Waals surface area contributed by atoms with Gasteiger partial charge < -0.3 is 9.47 Å². The number of ether oxygens (including phenoxy) is 2. The van der Waals surface area contributed by atoms with Crippen LogP contribution in [0.15, 0.2) is 11.8 Å². The first kappa shape index (κ1) is 12.0. The van der Waals surface area contributed by atoms with Crippen molar-refractivity contribution in [3.8, 4) is 0 Å². The minimum Gasteiger partial charge on any atom is -0.498 e. The number of rotatable bonds is 6. The minimum atomic E-state index is -0.337. The van der Waals surface area contributed by atoms with Gasteiger partial charge in [0.2, 0.25) is 0 Å². The Morgan fingerprint density at radius 1 is 1.31 bits per heavy atom. The lowest BCUT2D eigenvalue weighted by Gasteiger charge is -2.04. The summed E-state index contributed by atoms with van der Waals surface area (Å²) in [5.74, 6) is 0.281. The van der Waals surface area contributed by atoms with E-state index in [1.165, 1.54) is 6.08 Å². The summed E-state index contributed by atoms with van der Waals surface area (Å²) >= 11 is 0. The fourth-order valence-electron chi connectivity index (χ4n) is 0.769. The van der Waals surface area contributed by atoms with Crippen LogP contribution >= 0.6 is 0 Å². The van der Waals surface area contributed by atoms with Crippen molar-refractivity contribution in [2.75, 3.05) is 13.2 Å². The first-order valence-electron chi connectivity index (χ1n) is 4.68. The summed E-state index contributed by atoms with van der Waals surface area (Å²) in [6.07, 6.45) is 3.47. The van der Waals surface area contributed by atoms with E-state index in [-0.39, 0.29) is 5.97 Å². The molecule has 76 valence electrons. The summed E-state index contributed by atoms with van der Waals surface area (Å²) < 4.78 is 9.98. The van der Waals surface area contributed by atoms with Crippen LogP contribution in [0.3, 0.4) is 0 Å². The van der Waals surface area contributed by atoms with Gasteiger partial charge in [0, 0.05) is 0 Å². The summed E-state index contributed by atoms with van der Waals surface area (Å²) in [4.78, 5) is 10.9. The molecule has 0 rings (SSSR count). The molecule has 0 aromatic carbocycles. The Kier molecular flexibility index (Phi) is 7.07. The summed E-state index contributed by atoms with van der Waals surface area (Å²) in [5.41, 5.74) is 0. The number of allylic oxidation sites excluding steroid dienone is 1. The first-order valence-corrected chi connectivity index (χ1v) is 4.68. The van der Waals surface area contributed by atoms with E-state index in [9.17, 15) is 4.79 Å². The van der Waals surface area contributed by atoms with Crippen molar-refractivity contribution >= 4 is 5.97 Å². The van der Waals surface area contributed by atoms with Crippen molar-refractivity contribution in [2.45, 2.75) is 33.6 Å². The molecule has 0 atom stereocenters. The predicted molar refractivity (Wildman–Crippen MR) is 51.3 cm³/mol. The van der Waals surface area contributed by atoms with Crippen LogP contribution in [0.5, 0.6) is 0 Å². The van der Waals surface area contributed by atoms with Crippen LogP contribution < -0.4 is 0 Å². The lowest BCUT2D eigenvalue weighted by molar-refractivity contribution is -0.137. The quantitative estimate of drug-likeness (QED) is 0.276. The Bertz CT molecular complexity index is 173. The van der Waals surface area contributed by atoms with Gasteiger partial charge in [-0.2, -0.15) is 0 Å². The van der Waals surface area contributed by atoms with Crippen molar-refractivity contribution in [1.29, 1.82) is 0 Å². The van der Waals surface area contributed by atoms with Crippen LogP contribution in [0.2, 0.25) is 0 Å². The van der Waals surface area contributed by atoms with Gasteiger partial charge in [-0.1, -0.05) is 13.3 Å². The normalized spacial score (nSPS) is 11.2. The average Bonchev–Trinajstić information content (AvgIpc) is 2.05. The molecule has 0 fully saturated rings. The topological polar surface area (TPSA) is 35.5 Å². The van der Waals surface area contributed by atoms with Crippen molar-refractivity contribution < 1.29 is 14.3 Å². The zero-order chi connectivity index (χ0) is 10.1. The summed E-state index contributed by atoms with van der Waals surface area (Å²) in [5, 5.41) is 0. The number of esters is 1. The molecule has 13 heavy (non-hydrogen) atoms. The summed E-state index contributed by atoms with van der Waals surface area (Å²) in [6.45, 7) is 6.69. The molecule has 0 aliphatic heterocycles. The van der Waals surface area contributed by atoms with Crippen LogP contribution in [-0.2, 0) is 14.3 Å². The Labute approximate surface area is 79.7 Å². The first-order chi connectivity index (χ1) is 6.20. The van der Waals surface area contributed by atoms with Crippen LogP contribution in [0.1, 0.15) is 33.6 Å². The molecular weight excluding hydrogens is 168 g/mol. The molecule has 0 saturated heterocycles. The number of hydrogen-bond donors (Lipinski definition) is 0. The van der Waals surface area contributed by atoms with E-state index in [0.717, 1.165) is 12.8 Å². The van der Waals surface area contributed by atoms with E-state index in [1.807, 2.05) is 0 Å². The van der Waals surface area contributed by atoms with Crippen molar-refractivity contribution in [1.82, 2.24) is 0 Å². The van der Waals surface area contributed by atoms with Gasteiger partial charge in [0.05, 0.1) is 19.3 Å². The van der Waals surface area contributed by atoms with E-state index in [1.54, 1.807) is 13.8 Å². The Morgan fingerprint density at radius 3 is 2.54 bits per heavy atom. The molecule has 0 aliphatic carbocycles. The SMILES string of the molecule is CCCCO/C(C)=C\C(=O)OCC. The molecule has 0 saturated carbocycles. The van der Waals surface area contributed by atoms with Crippen molar-refractivity contribution in [2.24, 2.45) is 0 Å².